The Labute approximate surface area is 195 Å². The Bertz CT molecular complexity index is 1130. The molecule has 10 heteroatoms. The first kappa shape index (κ1) is 24.1. The van der Waals surface area contributed by atoms with E-state index in [2.05, 4.69) is 15.9 Å². The first-order valence-electron chi connectivity index (χ1n) is 10.0. The lowest BCUT2D eigenvalue weighted by Gasteiger charge is -2.31. The number of amides is 2. The Kier molecular flexibility index (Phi) is 7.16. The van der Waals surface area contributed by atoms with Crippen LogP contribution in [0.25, 0.3) is 0 Å². The minimum absolute atomic E-state index is 0.0467. The number of halogens is 1. The molecule has 0 saturated carbocycles. The third-order valence-electron chi connectivity index (χ3n) is 5.20. The Morgan fingerprint density at radius 2 is 1.75 bits per heavy atom. The fourth-order valence-electron chi connectivity index (χ4n) is 3.54. The number of hydrogen-bond acceptors (Lipinski definition) is 6. The van der Waals surface area contributed by atoms with E-state index in [1.165, 1.54) is 43.3 Å². The van der Waals surface area contributed by atoms with Gasteiger partial charge in [0.05, 0.1) is 17.0 Å². The minimum atomic E-state index is -4.04. The van der Waals surface area contributed by atoms with Gasteiger partial charge in [-0.25, -0.2) is 13.3 Å². The molecule has 2 aromatic carbocycles. The van der Waals surface area contributed by atoms with Gasteiger partial charge in [-0.15, -0.1) is 0 Å². The van der Waals surface area contributed by atoms with Gasteiger partial charge in [0.25, 0.3) is 5.91 Å². The Balaban J connectivity index is 1.95. The van der Waals surface area contributed by atoms with E-state index in [9.17, 15) is 22.8 Å². The van der Waals surface area contributed by atoms with E-state index >= 15 is 0 Å². The van der Waals surface area contributed by atoms with Crippen molar-refractivity contribution in [3.63, 3.8) is 0 Å². The van der Waals surface area contributed by atoms with Gasteiger partial charge >= 0.3 is 5.97 Å². The summed E-state index contributed by atoms with van der Waals surface area (Å²) >= 11 is 3.29. The molecule has 0 aliphatic carbocycles. The third kappa shape index (κ3) is 4.77. The summed E-state index contributed by atoms with van der Waals surface area (Å²) < 4.78 is 33.7. The van der Waals surface area contributed by atoms with E-state index in [0.29, 0.717) is 6.42 Å². The van der Waals surface area contributed by atoms with Crippen molar-refractivity contribution in [1.29, 1.82) is 0 Å². The quantitative estimate of drug-likeness (QED) is 0.313. The summed E-state index contributed by atoms with van der Waals surface area (Å²) in [6.45, 7) is 4.80. The standard InChI is InChI=1S/C22H23BrN2O6S/c1-4-14(2)25(32(29,30)19-11-5-16(23)6-12-19)20-13-21(27)24(22(20)28)17-7-9-18(10-8-17)31-15(3)26/h5-12,14,20H,4,13H2,1-3H3. The first-order chi connectivity index (χ1) is 15.1. The number of benzene rings is 2. The normalized spacial score (nSPS) is 17.7. The molecule has 0 radical (unpaired) electrons. The monoisotopic (exact) mass is 522 g/mol. The molecule has 0 N–H and O–H groups in total. The van der Waals surface area contributed by atoms with E-state index in [1.807, 2.05) is 6.92 Å². The fraction of sp³-hybridized carbons (Fsp3) is 0.318. The van der Waals surface area contributed by atoms with Crippen LogP contribution < -0.4 is 9.64 Å². The molecule has 1 aliphatic rings. The summed E-state index contributed by atoms with van der Waals surface area (Å²) in [5, 5.41) is 0. The van der Waals surface area contributed by atoms with Gasteiger partial charge < -0.3 is 4.74 Å². The molecule has 0 aromatic heterocycles. The van der Waals surface area contributed by atoms with Gasteiger partial charge in [0, 0.05) is 17.4 Å². The van der Waals surface area contributed by atoms with Gasteiger partial charge in [-0.2, -0.15) is 4.31 Å². The maximum atomic E-state index is 13.5. The van der Waals surface area contributed by atoms with Gasteiger partial charge in [-0.3, -0.25) is 14.4 Å². The summed E-state index contributed by atoms with van der Waals surface area (Å²) in [5.41, 5.74) is 0.281. The number of anilines is 1. The van der Waals surface area contributed by atoms with Gasteiger partial charge in [0.1, 0.15) is 11.8 Å². The molecule has 0 spiro atoms. The van der Waals surface area contributed by atoms with Crippen LogP contribution in [-0.2, 0) is 24.4 Å². The second kappa shape index (κ2) is 9.51. The number of rotatable bonds is 7. The highest BCUT2D eigenvalue weighted by Gasteiger charge is 2.48. The van der Waals surface area contributed by atoms with Crippen molar-refractivity contribution < 1.29 is 27.5 Å². The molecule has 2 unspecified atom stereocenters. The number of nitrogens with zero attached hydrogens (tertiary/aromatic N) is 2. The molecule has 32 heavy (non-hydrogen) atoms. The first-order valence-corrected chi connectivity index (χ1v) is 12.2. The topological polar surface area (TPSA) is 101 Å². The summed E-state index contributed by atoms with van der Waals surface area (Å²) in [7, 11) is -4.04. The predicted octanol–water partition coefficient (Wildman–Crippen LogP) is 3.50. The smallest absolute Gasteiger partial charge is 0.308 e. The second-order valence-corrected chi connectivity index (χ2v) is 10.2. The van der Waals surface area contributed by atoms with Crippen molar-refractivity contribution >= 4 is 49.4 Å². The van der Waals surface area contributed by atoms with Crippen LogP contribution in [-0.4, -0.2) is 42.6 Å². The predicted molar refractivity (Wildman–Crippen MR) is 122 cm³/mol. The van der Waals surface area contributed by atoms with Gasteiger partial charge in [-0.1, -0.05) is 22.9 Å². The maximum Gasteiger partial charge on any atom is 0.308 e. The highest BCUT2D eigenvalue weighted by atomic mass is 79.9. The molecule has 1 saturated heterocycles. The average molecular weight is 523 g/mol. The van der Waals surface area contributed by atoms with Crippen molar-refractivity contribution in [2.24, 2.45) is 0 Å². The van der Waals surface area contributed by atoms with Crippen molar-refractivity contribution in [1.82, 2.24) is 4.31 Å². The van der Waals surface area contributed by atoms with E-state index in [-0.39, 0.29) is 22.8 Å². The minimum Gasteiger partial charge on any atom is -0.427 e. The molecular formula is C22H23BrN2O6S. The van der Waals surface area contributed by atoms with E-state index < -0.39 is 39.9 Å². The largest absolute Gasteiger partial charge is 0.427 e. The van der Waals surface area contributed by atoms with Crippen LogP contribution in [0.2, 0.25) is 0 Å². The third-order valence-corrected chi connectivity index (χ3v) is 7.77. The number of carbonyl (C=O) groups is 3. The Morgan fingerprint density at radius 1 is 1.16 bits per heavy atom. The summed E-state index contributed by atoms with van der Waals surface area (Å²) in [6.07, 6.45) is 0.204. The lowest BCUT2D eigenvalue weighted by atomic mass is 10.2. The molecule has 3 rings (SSSR count). The molecule has 170 valence electrons. The van der Waals surface area contributed by atoms with Crippen LogP contribution in [0.15, 0.2) is 57.9 Å². The molecule has 2 amide bonds. The van der Waals surface area contributed by atoms with E-state index in [1.54, 1.807) is 19.1 Å². The Hall–Kier alpha value is -2.56. The highest BCUT2D eigenvalue weighted by molar-refractivity contribution is 9.10. The number of ether oxygens (including phenoxy) is 1. The van der Waals surface area contributed by atoms with Gasteiger partial charge in [-0.05, 0) is 61.9 Å². The fourth-order valence-corrected chi connectivity index (χ4v) is 5.65. The van der Waals surface area contributed by atoms with Crippen molar-refractivity contribution in [2.45, 2.75) is 50.6 Å². The van der Waals surface area contributed by atoms with Crippen molar-refractivity contribution in [3.05, 3.63) is 53.0 Å². The van der Waals surface area contributed by atoms with Crippen LogP contribution in [0.5, 0.6) is 5.75 Å². The molecule has 0 bridgehead atoms. The SMILES string of the molecule is CCC(C)N(C1CC(=O)N(c2ccc(OC(C)=O)cc2)C1=O)S(=O)(=O)c1ccc(Br)cc1. The highest BCUT2D eigenvalue weighted by Crippen LogP contribution is 2.32. The van der Waals surface area contributed by atoms with Gasteiger partial charge in [0.2, 0.25) is 15.9 Å². The van der Waals surface area contributed by atoms with Crippen molar-refractivity contribution in [2.75, 3.05) is 4.90 Å². The lowest BCUT2D eigenvalue weighted by Crippen LogP contribution is -2.49. The summed E-state index contributed by atoms with van der Waals surface area (Å²) in [6, 6.07) is 10.4. The second-order valence-electron chi connectivity index (χ2n) is 7.42. The zero-order valence-corrected chi connectivity index (χ0v) is 20.2. The van der Waals surface area contributed by atoms with Crippen LogP contribution in [0, 0.1) is 0 Å². The van der Waals surface area contributed by atoms with Crippen LogP contribution in [0.3, 0.4) is 0 Å². The van der Waals surface area contributed by atoms with Crippen LogP contribution >= 0.6 is 15.9 Å². The molecular weight excluding hydrogens is 500 g/mol. The van der Waals surface area contributed by atoms with E-state index in [0.717, 1.165) is 13.7 Å². The lowest BCUT2D eigenvalue weighted by molar-refractivity contribution is -0.132. The van der Waals surface area contributed by atoms with Crippen LogP contribution in [0.1, 0.15) is 33.6 Å². The summed E-state index contributed by atoms with van der Waals surface area (Å²) in [5.74, 6) is -1.33. The summed E-state index contributed by atoms with van der Waals surface area (Å²) in [4.78, 5) is 38.2. The molecule has 2 aromatic rings. The number of sulfonamides is 1. The van der Waals surface area contributed by atoms with Gasteiger partial charge in [0.15, 0.2) is 0 Å². The zero-order valence-electron chi connectivity index (χ0n) is 17.8. The molecule has 1 heterocycles. The van der Waals surface area contributed by atoms with E-state index in [4.69, 9.17) is 4.74 Å². The number of carbonyl (C=O) groups excluding carboxylic acids is 3. The maximum absolute atomic E-state index is 13.5. The number of esters is 1. The molecule has 1 aliphatic heterocycles. The average Bonchev–Trinajstić information content (AvgIpc) is 3.02. The van der Waals surface area contributed by atoms with Crippen molar-refractivity contribution in [3.8, 4) is 5.75 Å². The molecule has 1 fully saturated rings. The van der Waals surface area contributed by atoms with Crippen LogP contribution in [0.4, 0.5) is 5.69 Å². The number of imide groups is 1. The number of hydrogen-bond donors (Lipinski definition) is 0. The molecule has 2 atom stereocenters. The molecule has 8 nitrogen and oxygen atoms in total. The zero-order chi connectivity index (χ0) is 23.6. The Morgan fingerprint density at radius 3 is 2.28 bits per heavy atom.